The fourth-order valence-electron chi connectivity index (χ4n) is 3.26. The Morgan fingerprint density at radius 1 is 0.938 bits per heavy atom. The van der Waals surface area contributed by atoms with Crippen LogP contribution in [0.1, 0.15) is 30.9 Å². The van der Waals surface area contributed by atoms with Gasteiger partial charge in [0.25, 0.3) is 0 Å². The third-order valence-electron chi connectivity index (χ3n) is 4.99. The van der Waals surface area contributed by atoms with E-state index in [-0.39, 0.29) is 30.6 Å². The summed E-state index contributed by atoms with van der Waals surface area (Å²) >= 11 is 0. The number of nitrogens with zero attached hydrogens (tertiary/aromatic N) is 2. The van der Waals surface area contributed by atoms with Gasteiger partial charge >= 0.3 is 11.9 Å². The lowest BCUT2D eigenvalue weighted by molar-refractivity contribution is -0.148. The molecule has 4 N–H and O–H groups in total. The maximum absolute atomic E-state index is 12.9. The summed E-state index contributed by atoms with van der Waals surface area (Å²) in [7, 11) is 0. The third-order valence-corrected chi connectivity index (χ3v) is 4.99. The van der Waals surface area contributed by atoms with Gasteiger partial charge in [-0.2, -0.15) is 0 Å². The van der Waals surface area contributed by atoms with Gasteiger partial charge in [0.2, 0.25) is 0 Å². The maximum Gasteiger partial charge on any atom is 0.361 e. The second-order valence-corrected chi connectivity index (χ2v) is 7.38. The Morgan fingerprint density at radius 3 is 2.06 bits per heavy atom. The van der Waals surface area contributed by atoms with Crippen molar-refractivity contribution in [2.75, 3.05) is 6.54 Å². The van der Waals surface area contributed by atoms with E-state index in [1.54, 1.807) is 4.90 Å². The molecule has 8 nitrogen and oxygen atoms in total. The third kappa shape index (κ3) is 5.66. The van der Waals surface area contributed by atoms with Gasteiger partial charge in [-0.3, -0.25) is 0 Å². The molecule has 0 aromatic heterocycles. The van der Waals surface area contributed by atoms with Gasteiger partial charge in [0.05, 0.1) is 0 Å². The monoisotopic (exact) mass is 436 g/mol. The number of hydrogen-bond donors (Lipinski definition) is 2. The van der Waals surface area contributed by atoms with Crippen LogP contribution >= 0.6 is 0 Å². The molecule has 0 aliphatic carbocycles. The summed E-state index contributed by atoms with van der Waals surface area (Å²) in [6, 6.07) is 17.6. The van der Waals surface area contributed by atoms with Gasteiger partial charge in [0.1, 0.15) is 24.9 Å². The van der Waals surface area contributed by atoms with E-state index in [2.05, 4.69) is 4.99 Å². The van der Waals surface area contributed by atoms with Crippen molar-refractivity contribution in [1.82, 2.24) is 4.90 Å². The van der Waals surface area contributed by atoms with Crippen molar-refractivity contribution in [1.29, 1.82) is 0 Å². The summed E-state index contributed by atoms with van der Waals surface area (Å²) in [6.45, 7) is 2.60. The molecule has 1 atom stereocenters. The summed E-state index contributed by atoms with van der Waals surface area (Å²) in [5, 5.41) is 0. The lowest BCUT2D eigenvalue weighted by atomic mass is 10.1. The first-order chi connectivity index (χ1) is 15.5. The van der Waals surface area contributed by atoms with Gasteiger partial charge < -0.3 is 25.8 Å². The Balaban J connectivity index is 1.75. The van der Waals surface area contributed by atoms with Crippen molar-refractivity contribution in [2.45, 2.75) is 39.0 Å². The van der Waals surface area contributed by atoms with Gasteiger partial charge in [-0.15, -0.1) is 0 Å². The van der Waals surface area contributed by atoms with E-state index >= 15 is 0 Å². The highest BCUT2D eigenvalue weighted by Gasteiger charge is 2.38. The Bertz CT molecular complexity index is 990. The number of benzene rings is 2. The second-order valence-electron chi connectivity index (χ2n) is 7.38. The van der Waals surface area contributed by atoms with Gasteiger partial charge in [0.15, 0.2) is 11.7 Å². The molecule has 1 heterocycles. The Hall–Kier alpha value is -3.81. The summed E-state index contributed by atoms with van der Waals surface area (Å²) < 4.78 is 10.8. The molecule has 0 bridgehead atoms. The van der Waals surface area contributed by atoms with E-state index in [9.17, 15) is 9.59 Å². The number of hydrogen-bond acceptors (Lipinski definition) is 8. The average molecular weight is 437 g/mol. The number of ether oxygens (including phenoxy) is 2. The van der Waals surface area contributed by atoms with Crippen molar-refractivity contribution in [3.05, 3.63) is 83.3 Å². The number of carbonyl (C=O) groups excluding carboxylic acids is 2. The molecule has 2 aromatic rings. The molecule has 0 radical (unpaired) electrons. The zero-order valence-electron chi connectivity index (χ0n) is 18.1. The van der Waals surface area contributed by atoms with Gasteiger partial charge in [-0.05, 0) is 17.5 Å². The Kier molecular flexibility index (Phi) is 7.85. The van der Waals surface area contributed by atoms with Crippen molar-refractivity contribution >= 4 is 17.8 Å². The fourth-order valence-corrected chi connectivity index (χ4v) is 3.26. The zero-order valence-corrected chi connectivity index (χ0v) is 18.1. The predicted molar refractivity (Wildman–Crippen MR) is 121 cm³/mol. The molecule has 32 heavy (non-hydrogen) atoms. The highest BCUT2D eigenvalue weighted by Crippen LogP contribution is 2.21. The number of esters is 2. The minimum atomic E-state index is -1.00. The molecule has 1 aliphatic rings. The second kappa shape index (κ2) is 11.0. The van der Waals surface area contributed by atoms with Gasteiger partial charge in [0, 0.05) is 6.54 Å². The molecule has 0 fully saturated rings. The first-order valence-corrected chi connectivity index (χ1v) is 10.5. The fraction of sp³-hybridized carbons (Fsp3) is 0.292. The molecule has 0 amide bonds. The topological polar surface area (TPSA) is 120 Å². The van der Waals surface area contributed by atoms with Gasteiger partial charge in [-0.1, -0.05) is 74.0 Å². The van der Waals surface area contributed by atoms with Crippen LogP contribution in [0.25, 0.3) is 0 Å². The molecule has 0 saturated carbocycles. The molecule has 1 unspecified atom stereocenters. The first-order valence-electron chi connectivity index (χ1n) is 10.5. The molecule has 1 aliphatic heterocycles. The lowest BCUT2D eigenvalue weighted by Crippen LogP contribution is -2.54. The van der Waals surface area contributed by atoms with Crippen LogP contribution in [0.15, 0.2) is 77.2 Å². The van der Waals surface area contributed by atoms with Crippen LogP contribution in [0.3, 0.4) is 0 Å². The minimum absolute atomic E-state index is 0.0485. The molecule has 0 spiro atoms. The largest absolute Gasteiger partial charge is 0.459 e. The number of carbonyl (C=O) groups is 2. The summed E-state index contributed by atoms with van der Waals surface area (Å²) in [5.74, 6) is -1.29. The number of unbranched alkanes of at least 4 members (excludes halogenated alkanes) is 1. The molecule has 2 aromatic carbocycles. The minimum Gasteiger partial charge on any atom is -0.459 e. The van der Waals surface area contributed by atoms with E-state index < -0.39 is 18.0 Å². The maximum atomic E-state index is 12.9. The number of aliphatic imine (C=N–C) groups is 1. The van der Waals surface area contributed by atoms with E-state index in [1.807, 2.05) is 67.6 Å². The van der Waals surface area contributed by atoms with E-state index in [1.165, 1.54) is 0 Å². The van der Waals surface area contributed by atoms with Crippen LogP contribution in [0.5, 0.6) is 0 Å². The average Bonchev–Trinajstić information content (AvgIpc) is 2.82. The zero-order chi connectivity index (χ0) is 22.9. The van der Waals surface area contributed by atoms with Crippen molar-refractivity contribution in [3.8, 4) is 0 Å². The molecule has 8 heteroatoms. The van der Waals surface area contributed by atoms with Crippen LogP contribution in [0.4, 0.5) is 0 Å². The summed E-state index contributed by atoms with van der Waals surface area (Å²) in [4.78, 5) is 31.2. The molecule has 168 valence electrons. The SMILES string of the molecule is CCCCN1C(N)=C(C(=O)OCc2ccccc2)N=C(N)C1C(=O)OCc1ccccc1. The highest BCUT2D eigenvalue weighted by atomic mass is 16.5. The number of rotatable bonds is 9. The smallest absolute Gasteiger partial charge is 0.361 e. The quantitative estimate of drug-likeness (QED) is 0.579. The van der Waals surface area contributed by atoms with Crippen LogP contribution < -0.4 is 11.5 Å². The number of nitrogens with two attached hydrogens (primary N) is 2. The first kappa shape index (κ1) is 22.9. The standard InChI is InChI=1S/C24H28N4O4/c1-2-3-14-28-20(24(30)32-16-18-12-8-5-9-13-18)21(25)27-19(22(28)26)23(29)31-15-17-10-6-4-7-11-17/h4-13,20H,2-3,14-16,26H2,1H3,(H2,25,27). The van der Waals surface area contributed by atoms with E-state index in [0.29, 0.717) is 6.54 Å². The number of amidine groups is 1. The van der Waals surface area contributed by atoms with Crippen molar-refractivity contribution < 1.29 is 19.1 Å². The van der Waals surface area contributed by atoms with Crippen molar-refractivity contribution in [2.24, 2.45) is 16.5 Å². The van der Waals surface area contributed by atoms with E-state index in [0.717, 1.165) is 24.0 Å². The lowest BCUT2D eigenvalue weighted by Gasteiger charge is -2.35. The van der Waals surface area contributed by atoms with Gasteiger partial charge in [-0.25, -0.2) is 14.6 Å². The summed E-state index contributed by atoms with van der Waals surface area (Å²) in [6.07, 6.45) is 1.60. The normalized spacial score (nSPS) is 15.8. The Morgan fingerprint density at radius 2 is 1.50 bits per heavy atom. The van der Waals surface area contributed by atoms with Crippen molar-refractivity contribution in [3.63, 3.8) is 0 Å². The van der Waals surface area contributed by atoms with Crippen LogP contribution in [0, 0.1) is 0 Å². The highest BCUT2D eigenvalue weighted by molar-refractivity contribution is 6.07. The van der Waals surface area contributed by atoms with Crippen LogP contribution in [-0.4, -0.2) is 35.3 Å². The molecular weight excluding hydrogens is 408 g/mol. The van der Waals surface area contributed by atoms with E-state index in [4.69, 9.17) is 20.9 Å². The summed E-state index contributed by atoms with van der Waals surface area (Å²) in [5.41, 5.74) is 14.0. The Labute approximate surface area is 187 Å². The molecular formula is C24H28N4O4. The van der Waals surface area contributed by atoms with Crippen LogP contribution in [0.2, 0.25) is 0 Å². The predicted octanol–water partition coefficient (Wildman–Crippen LogP) is 2.44. The van der Waals surface area contributed by atoms with Crippen LogP contribution in [-0.2, 0) is 32.3 Å². The molecule has 3 rings (SSSR count). The molecule has 0 saturated heterocycles.